The number of aromatic amines is 1. The standard InChI is InChI=1S/C10H13F3N6/c1-18(2)7-5-6(16-9(14-5)19(3)4)15-8(17-7)10(11,12)13/h1-4H3,(H,14,15,16,17). The lowest BCUT2D eigenvalue weighted by Gasteiger charge is -2.13. The third-order valence-electron chi connectivity index (χ3n) is 2.42. The fraction of sp³-hybridized carbons (Fsp3) is 0.500. The van der Waals surface area contributed by atoms with Crippen LogP contribution in [0.5, 0.6) is 0 Å². The Labute approximate surface area is 107 Å². The number of hydrogen-bond donors (Lipinski definition) is 1. The van der Waals surface area contributed by atoms with Crippen LogP contribution in [0.15, 0.2) is 0 Å². The summed E-state index contributed by atoms with van der Waals surface area (Å²) in [5, 5.41) is 0. The molecule has 0 spiro atoms. The van der Waals surface area contributed by atoms with Gasteiger partial charge in [0.25, 0.3) is 0 Å². The first-order chi connectivity index (χ1) is 8.70. The third-order valence-corrected chi connectivity index (χ3v) is 2.42. The van der Waals surface area contributed by atoms with Crippen molar-refractivity contribution in [3.8, 4) is 0 Å². The fourth-order valence-corrected chi connectivity index (χ4v) is 1.53. The first-order valence-electron chi connectivity index (χ1n) is 5.39. The number of imidazole rings is 1. The molecule has 0 aliphatic carbocycles. The molecule has 0 aromatic carbocycles. The molecule has 0 unspecified atom stereocenters. The van der Waals surface area contributed by atoms with E-state index in [0.29, 0.717) is 11.5 Å². The van der Waals surface area contributed by atoms with Gasteiger partial charge in [-0.15, -0.1) is 0 Å². The molecule has 104 valence electrons. The lowest BCUT2D eigenvalue weighted by atomic mass is 10.4. The monoisotopic (exact) mass is 274 g/mol. The van der Waals surface area contributed by atoms with Gasteiger partial charge in [0.2, 0.25) is 11.8 Å². The Morgan fingerprint density at radius 3 is 2.05 bits per heavy atom. The average Bonchev–Trinajstić information content (AvgIpc) is 2.69. The van der Waals surface area contributed by atoms with E-state index >= 15 is 0 Å². The summed E-state index contributed by atoms with van der Waals surface area (Å²) in [4.78, 5) is 17.1. The summed E-state index contributed by atoms with van der Waals surface area (Å²) in [6, 6.07) is 0. The highest BCUT2D eigenvalue weighted by molar-refractivity contribution is 5.85. The van der Waals surface area contributed by atoms with Gasteiger partial charge in [0.05, 0.1) is 0 Å². The van der Waals surface area contributed by atoms with Gasteiger partial charge in [-0.05, 0) is 0 Å². The Balaban J connectivity index is 2.73. The summed E-state index contributed by atoms with van der Waals surface area (Å²) in [5.74, 6) is -0.620. The quantitative estimate of drug-likeness (QED) is 0.899. The second-order valence-electron chi connectivity index (χ2n) is 4.42. The molecule has 19 heavy (non-hydrogen) atoms. The van der Waals surface area contributed by atoms with Crippen molar-refractivity contribution in [3.05, 3.63) is 5.82 Å². The van der Waals surface area contributed by atoms with Gasteiger partial charge < -0.3 is 14.8 Å². The largest absolute Gasteiger partial charge is 0.451 e. The van der Waals surface area contributed by atoms with Gasteiger partial charge in [-0.1, -0.05) is 0 Å². The fourth-order valence-electron chi connectivity index (χ4n) is 1.53. The van der Waals surface area contributed by atoms with Crippen LogP contribution >= 0.6 is 0 Å². The van der Waals surface area contributed by atoms with Crippen LogP contribution in [0, 0.1) is 0 Å². The molecule has 0 aliphatic rings. The molecule has 0 fully saturated rings. The molecule has 0 bridgehead atoms. The molecule has 0 saturated carbocycles. The Bertz CT molecular complexity index is 601. The van der Waals surface area contributed by atoms with E-state index in [1.807, 2.05) is 0 Å². The van der Waals surface area contributed by atoms with Crippen molar-refractivity contribution in [2.75, 3.05) is 38.0 Å². The summed E-state index contributed by atoms with van der Waals surface area (Å²) in [6.07, 6.45) is -4.60. The van der Waals surface area contributed by atoms with Gasteiger partial charge in [-0.3, -0.25) is 0 Å². The summed E-state index contributed by atoms with van der Waals surface area (Å²) >= 11 is 0. The van der Waals surface area contributed by atoms with Crippen LogP contribution in [0.1, 0.15) is 5.82 Å². The summed E-state index contributed by atoms with van der Waals surface area (Å²) < 4.78 is 38.2. The van der Waals surface area contributed by atoms with Gasteiger partial charge in [-0.2, -0.15) is 18.2 Å². The lowest BCUT2D eigenvalue weighted by molar-refractivity contribution is -0.144. The zero-order valence-corrected chi connectivity index (χ0v) is 10.9. The Morgan fingerprint density at radius 2 is 1.58 bits per heavy atom. The number of halogens is 3. The van der Waals surface area contributed by atoms with Gasteiger partial charge in [0.15, 0.2) is 11.5 Å². The molecule has 2 aromatic rings. The number of anilines is 2. The summed E-state index contributed by atoms with van der Waals surface area (Å²) in [5.41, 5.74) is 0.372. The van der Waals surface area contributed by atoms with Crippen LogP contribution in [0.2, 0.25) is 0 Å². The minimum absolute atomic E-state index is 0.00488. The van der Waals surface area contributed by atoms with Crippen LogP contribution in [0.4, 0.5) is 24.9 Å². The molecule has 2 aromatic heterocycles. The van der Waals surface area contributed by atoms with E-state index in [0.717, 1.165) is 0 Å². The van der Waals surface area contributed by atoms with E-state index in [2.05, 4.69) is 19.9 Å². The second-order valence-corrected chi connectivity index (χ2v) is 4.42. The van der Waals surface area contributed by atoms with Crippen LogP contribution in [0.25, 0.3) is 11.2 Å². The van der Waals surface area contributed by atoms with E-state index in [9.17, 15) is 13.2 Å². The second kappa shape index (κ2) is 4.25. The molecule has 0 radical (unpaired) electrons. The molecule has 0 aliphatic heterocycles. The number of aromatic nitrogens is 4. The van der Waals surface area contributed by atoms with Crippen LogP contribution in [-0.4, -0.2) is 48.1 Å². The summed E-state index contributed by atoms with van der Waals surface area (Å²) in [7, 11) is 6.67. The normalized spacial score (nSPS) is 11.9. The molecule has 0 saturated heterocycles. The smallest absolute Gasteiger partial charge is 0.361 e. The zero-order valence-electron chi connectivity index (χ0n) is 10.9. The number of nitrogens with one attached hydrogen (secondary N) is 1. The average molecular weight is 274 g/mol. The highest BCUT2D eigenvalue weighted by Gasteiger charge is 2.36. The van der Waals surface area contributed by atoms with Crippen molar-refractivity contribution < 1.29 is 13.2 Å². The molecule has 0 amide bonds. The lowest BCUT2D eigenvalue weighted by Crippen LogP contribution is -2.17. The maximum Gasteiger partial charge on any atom is 0.451 e. The van der Waals surface area contributed by atoms with Gasteiger partial charge in [0, 0.05) is 28.2 Å². The maximum atomic E-state index is 12.7. The van der Waals surface area contributed by atoms with E-state index in [4.69, 9.17) is 0 Å². The molecule has 2 heterocycles. The van der Waals surface area contributed by atoms with E-state index in [1.54, 1.807) is 33.1 Å². The van der Waals surface area contributed by atoms with Crippen molar-refractivity contribution in [1.82, 2.24) is 19.9 Å². The molecule has 6 nitrogen and oxygen atoms in total. The highest BCUT2D eigenvalue weighted by atomic mass is 19.4. The Kier molecular flexibility index (Phi) is 2.99. The molecule has 2 rings (SSSR count). The third kappa shape index (κ3) is 2.40. The highest BCUT2D eigenvalue weighted by Crippen LogP contribution is 2.31. The van der Waals surface area contributed by atoms with E-state index < -0.39 is 12.0 Å². The van der Waals surface area contributed by atoms with Crippen LogP contribution < -0.4 is 9.80 Å². The maximum absolute atomic E-state index is 12.7. The van der Waals surface area contributed by atoms with Gasteiger partial charge in [0.1, 0.15) is 5.52 Å². The predicted octanol–water partition coefficient (Wildman–Crippen LogP) is 1.50. The van der Waals surface area contributed by atoms with Crippen LogP contribution in [-0.2, 0) is 6.18 Å². The first-order valence-corrected chi connectivity index (χ1v) is 5.39. The Hall–Kier alpha value is -2.06. The van der Waals surface area contributed by atoms with Crippen molar-refractivity contribution in [2.24, 2.45) is 0 Å². The Morgan fingerprint density at radius 1 is 0.947 bits per heavy atom. The van der Waals surface area contributed by atoms with E-state index in [1.165, 1.54) is 4.90 Å². The summed E-state index contributed by atoms with van der Waals surface area (Å²) in [6.45, 7) is 0. The number of fused-ring (bicyclic) bond motifs is 1. The molecule has 1 N–H and O–H groups in total. The van der Waals surface area contributed by atoms with E-state index in [-0.39, 0.29) is 11.5 Å². The van der Waals surface area contributed by atoms with Crippen molar-refractivity contribution in [1.29, 1.82) is 0 Å². The number of alkyl halides is 3. The number of H-pyrrole nitrogens is 1. The van der Waals surface area contributed by atoms with Crippen molar-refractivity contribution in [2.45, 2.75) is 6.18 Å². The molecular formula is C10H13F3N6. The van der Waals surface area contributed by atoms with Gasteiger partial charge in [-0.25, -0.2) is 9.97 Å². The van der Waals surface area contributed by atoms with Gasteiger partial charge >= 0.3 is 6.18 Å². The first kappa shape index (κ1) is 13.4. The zero-order chi connectivity index (χ0) is 14.4. The minimum atomic E-state index is -4.60. The topological polar surface area (TPSA) is 60.9 Å². The molecule has 9 heteroatoms. The molecule has 0 atom stereocenters. The minimum Gasteiger partial charge on any atom is -0.361 e. The van der Waals surface area contributed by atoms with Crippen molar-refractivity contribution in [3.63, 3.8) is 0 Å². The SMILES string of the molecule is CN(C)c1nc2nc(C(F)(F)F)nc(N(C)C)c2[nH]1. The molecular weight excluding hydrogens is 261 g/mol. The number of rotatable bonds is 2. The number of hydrogen-bond acceptors (Lipinski definition) is 5. The van der Waals surface area contributed by atoms with Crippen molar-refractivity contribution >= 4 is 22.9 Å². The van der Waals surface area contributed by atoms with Crippen LogP contribution in [0.3, 0.4) is 0 Å². The predicted molar refractivity (Wildman–Crippen MR) is 65.3 cm³/mol. The number of nitrogens with zero attached hydrogens (tertiary/aromatic N) is 5.